The van der Waals surface area contributed by atoms with Gasteiger partial charge in [0.1, 0.15) is 0 Å². The number of aromatic amines is 1. The number of halogens is 2. The summed E-state index contributed by atoms with van der Waals surface area (Å²) in [6, 6.07) is 9.43. The van der Waals surface area contributed by atoms with E-state index in [0.29, 0.717) is 34.6 Å². The van der Waals surface area contributed by atoms with Gasteiger partial charge in [-0.05, 0) is 42.2 Å². The Morgan fingerprint density at radius 2 is 1.90 bits per heavy atom. The minimum absolute atomic E-state index is 0.0784. The molecule has 1 saturated carbocycles. The van der Waals surface area contributed by atoms with Gasteiger partial charge in [0.25, 0.3) is 11.8 Å². The number of nitrogens with one attached hydrogen (secondary N) is 3. The van der Waals surface area contributed by atoms with Crippen molar-refractivity contribution in [1.29, 1.82) is 0 Å². The molecule has 15 heteroatoms. The molecular formula is C26H27Cl2N5O7S. The van der Waals surface area contributed by atoms with Crippen molar-refractivity contribution in [3.8, 4) is 0 Å². The van der Waals surface area contributed by atoms with Gasteiger partial charge < -0.3 is 9.32 Å². The number of sulfonamides is 1. The van der Waals surface area contributed by atoms with E-state index in [1.807, 2.05) is 0 Å². The van der Waals surface area contributed by atoms with E-state index in [2.05, 4.69) is 20.4 Å². The van der Waals surface area contributed by atoms with Crippen LogP contribution in [0.4, 0.5) is 0 Å². The van der Waals surface area contributed by atoms with Gasteiger partial charge >= 0.3 is 5.76 Å². The molecule has 2 amide bonds. The van der Waals surface area contributed by atoms with Crippen molar-refractivity contribution in [2.45, 2.75) is 56.3 Å². The highest BCUT2D eigenvalue weighted by molar-refractivity contribution is 7.88. The van der Waals surface area contributed by atoms with Gasteiger partial charge in [-0.25, -0.2) is 28.5 Å². The zero-order valence-corrected chi connectivity index (χ0v) is 24.1. The molecule has 3 aromatic rings. The summed E-state index contributed by atoms with van der Waals surface area (Å²) in [5, 5.41) is 6.35. The molecule has 1 aliphatic heterocycles. The highest BCUT2D eigenvalue weighted by Crippen LogP contribution is 2.47. The molecule has 0 bridgehead atoms. The van der Waals surface area contributed by atoms with Gasteiger partial charge in [-0.1, -0.05) is 60.3 Å². The molecule has 0 spiro atoms. The second kappa shape index (κ2) is 11.9. The molecule has 12 nitrogen and oxygen atoms in total. The number of hydrogen-bond acceptors (Lipinski definition) is 8. The fourth-order valence-electron chi connectivity index (χ4n) is 5.68. The largest absolute Gasteiger partial charge is 0.434 e. The van der Waals surface area contributed by atoms with Gasteiger partial charge in [0.2, 0.25) is 15.9 Å². The average molecular weight is 625 g/mol. The summed E-state index contributed by atoms with van der Waals surface area (Å²) in [6.45, 7) is -0.336. The Labute approximate surface area is 245 Å². The fraction of sp³-hybridized carbons (Fsp3) is 0.385. The van der Waals surface area contributed by atoms with E-state index in [4.69, 9.17) is 32.5 Å². The number of H-pyrrole nitrogens is 1. The van der Waals surface area contributed by atoms with Crippen LogP contribution in [0.3, 0.4) is 0 Å². The Morgan fingerprint density at radius 1 is 1.15 bits per heavy atom. The van der Waals surface area contributed by atoms with Crippen LogP contribution in [0.25, 0.3) is 0 Å². The van der Waals surface area contributed by atoms with E-state index in [9.17, 15) is 22.8 Å². The summed E-state index contributed by atoms with van der Waals surface area (Å²) in [6.07, 6.45) is 3.63. The number of carbonyl (C=O) groups excluding carboxylic acids is 2. The number of carbonyl (C=O) groups is 2. The smallest absolute Gasteiger partial charge is 0.390 e. The zero-order valence-electron chi connectivity index (χ0n) is 21.8. The molecule has 3 N–H and O–H groups in total. The monoisotopic (exact) mass is 623 g/mol. The Morgan fingerprint density at radius 3 is 2.61 bits per heavy atom. The van der Waals surface area contributed by atoms with E-state index < -0.39 is 45.7 Å². The number of benzene rings is 2. The topological polar surface area (TPSA) is 164 Å². The molecule has 4 atom stereocenters. The van der Waals surface area contributed by atoms with E-state index in [1.54, 1.807) is 41.3 Å². The lowest BCUT2D eigenvalue weighted by molar-refractivity contribution is -0.138. The van der Waals surface area contributed by atoms with Crippen molar-refractivity contribution in [1.82, 2.24) is 25.3 Å². The third kappa shape index (κ3) is 6.33. The van der Waals surface area contributed by atoms with Crippen LogP contribution < -0.4 is 16.0 Å². The second-order valence-electron chi connectivity index (χ2n) is 10.00. The highest BCUT2D eigenvalue weighted by atomic mass is 35.5. The van der Waals surface area contributed by atoms with E-state index in [1.165, 1.54) is 6.07 Å². The predicted molar refractivity (Wildman–Crippen MR) is 149 cm³/mol. The summed E-state index contributed by atoms with van der Waals surface area (Å²) in [4.78, 5) is 46.2. The minimum Gasteiger partial charge on any atom is -0.390 e. The normalized spacial score (nSPS) is 22.8. The first-order valence-electron chi connectivity index (χ1n) is 12.8. The van der Waals surface area contributed by atoms with Crippen LogP contribution in [-0.2, 0) is 26.3 Å². The lowest BCUT2D eigenvalue weighted by Crippen LogP contribution is -2.59. The first-order valence-corrected chi connectivity index (χ1v) is 15.5. The molecule has 2 aromatic carbocycles. The van der Waals surface area contributed by atoms with Crippen molar-refractivity contribution < 1.29 is 27.3 Å². The predicted octanol–water partition coefficient (Wildman–Crippen LogP) is 3.06. The maximum Gasteiger partial charge on any atom is 0.434 e. The molecule has 218 valence electrons. The first-order chi connectivity index (χ1) is 19.5. The molecule has 0 saturated heterocycles. The average Bonchev–Trinajstić information content (AvgIpc) is 3.33. The second-order valence-corrected chi connectivity index (χ2v) is 12.6. The molecule has 2 heterocycles. The molecule has 5 rings (SSSR count). The Kier molecular flexibility index (Phi) is 8.52. The summed E-state index contributed by atoms with van der Waals surface area (Å²) in [5.74, 6) is -2.83. The number of hydrogen-bond donors (Lipinski definition) is 3. The third-order valence-electron chi connectivity index (χ3n) is 7.24. The molecular weight excluding hydrogens is 597 g/mol. The van der Waals surface area contributed by atoms with Gasteiger partial charge in [0, 0.05) is 27.7 Å². The van der Waals surface area contributed by atoms with Crippen LogP contribution in [0.1, 0.15) is 65.0 Å². The minimum atomic E-state index is -3.61. The lowest BCUT2D eigenvalue weighted by atomic mass is 9.76. The van der Waals surface area contributed by atoms with Gasteiger partial charge in [-0.3, -0.25) is 14.4 Å². The molecule has 0 unspecified atom stereocenters. The van der Waals surface area contributed by atoms with E-state index >= 15 is 0 Å². The molecule has 1 fully saturated rings. The molecule has 2 aliphatic rings. The maximum absolute atomic E-state index is 14.2. The van der Waals surface area contributed by atoms with Gasteiger partial charge in [-0.2, -0.15) is 0 Å². The summed E-state index contributed by atoms with van der Waals surface area (Å²) in [7, 11) is -3.61. The van der Waals surface area contributed by atoms with Crippen molar-refractivity contribution in [2.75, 3.05) is 6.26 Å². The van der Waals surface area contributed by atoms with Crippen LogP contribution in [0.5, 0.6) is 0 Å². The standard InChI is InChI=1S/C26H27Cl2N5O7S/c1-41(37,38)32-19-8-4-5-9-20(19)33-23(17-11-10-14(27)12-18(17)28)22(15-6-2-3-7-16(15)25(33)35)24(34)31-39-13-21-29-30-26(36)40-21/h2-3,6-7,10-12,19-20,22-23,32H,4-5,8-9,13H2,1H3,(H,30,36)(H,31,34)/t19-,20-,22+,23-/m0/s1. The SMILES string of the molecule is CS(=O)(=O)N[C@H]1CCCC[C@@H]1N1C(=O)c2ccccc2[C@@H](C(=O)NOCc2n[nH]c(=O)o2)[C@@H]1c1ccc(Cl)cc1Cl. The Hall–Kier alpha value is -3.23. The van der Waals surface area contributed by atoms with Crippen LogP contribution >= 0.6 is 23.2 Å². The Bertz CT molecular complexity index is 1630. The summed E-state index contributed by atoms with van der Waals surface area (Å²) < 4.78 is 32.1. The molecule has 41 heavy (non-hydrogen) atoms. The van der Waals surface area contributed by atoms with E-state index in [-0.39, 0.29) is 23.4 Å². The number of nitrogens with zero attached hydrogens (tertiary/aromatic N) is 2. The molecule has 1 aliphatic carbocycles. The highest BCUT2D eigenvalue weighted by Gasteiger charge is 2.49. The maximum atomic E-state index is 14.2. The molecule has 0 radical (unpaired) electrons. The van der Waals surface area contributed by atoms with Crippen molar-refractivity contribution >= 4 is 45.0 Å². The van der Waals surface area contributed by atoms with Crippen LogP contribution in [-0.4, -0.2) is 53.7 Å². The van der Waals surface area contributed by atoms with Crippen molar-refractivity contribution in [3.05, 3.63) is 85.6 Å². The van der Waals surface area contributed by atoms with Crippen molar-refractivity contribution in [3.63, 3.8) is 0 Å². The van der Waals surface area contributed by atoms with Crippen LogP contribution in [0, 0.1) is 0 Å². The first kappa shape index (κ1) is 29.3. The zero-order chi connectivity index (χ0) is 29.3. The number of fused-ring (bicyclic) bond motifs is 1. The number of aromatic nitrogens is 2. The summed E-state index contributed by atoms with van der Waals surface area (Å²) in [5.41, 5.74) is 3.60. The quantitative estimate of drug-likeness (QED) is 0.322. The summed E-state index contributed by atoms with van der Waals surface area (Å²) >= 11 is 12.9. The van der Waals surface area contributed by atoms with Gasteiger partial charge in [-0.15, -0.1) is 5.10 Å². The lowest BCUT2D eigenvalue weighted by Gasteiger charge is -2.49. The molecule has 1 aromatic heterocycles. The fourth-order valence-corrected chi connectivity index (χ4v) is 7.03. The number of rotatable bonds is 8. The third-order valence-corrected chi connectivity index (χ3v) is 8.54. The van der Waals surface area contributed by atoms with Crippen molar-refractivity contribution in [2.24, 2.45) is 0 Å². The van der Waals surface area contributed by atoms with Gasteiger partial charge in [0.05, 0.1) is 18.2 Å². The van der Waals surface area contributed by atoms with Gasteiger partial charge in [0.15, 0.2) is 6.61 Å². The number of amides is 2. The number of hydroxylamine groups is 1. The van der Waals surface area contributed by atoms with Crippen LogP contribution in [0.15, 0.2) is 51.7 Å². The Balaban J connectivity index is 1.60. The van der Waals surface area contributed by atoms with Crippen LogP contribution in [0.2, 0.25) is 10.0 Å². The van der Waals surface area contributed by atoms with E-state index in [0.717, 1.165) is 19.1 Å².